The molecule has 1 unspecified atom stereocenters. The van der Waals surface area contributed by atoms with Crippen molar-refractivity contribution in [3.63, 3.8) is 0 Å². The fourth-order valence-corrected chi connectivity index (χ4v) is 1.54. The van der Waals surface area contributed by atoms with Crippen LogP contribution in [0.15, 0.2) is 30.3 Å². The van der Waals surface area contributed by atoms with Crippen molar-refractivity contribution in [1.29, 1.82) is 0 Å². The van der Waals surface area contributed by atoms with Crippen molar-refractivity contribution in [2.45, 2.75) is 25.9 Å². The van der Waals surface area contributed by atoms with Crippen molar-refractivity contribution in [2.75, 3.05) is 6.61 Å². The van der Waals surface area contributed by atoms with Crippen LogP contribution in [0.1, 0.15) is 31.5 Å². The highest BCUT2D eigenvalue weighted by Gasteiger charge is 2.10. The Kier molecular flexibility index (Phi) is 5.26. The zero-order valence-corrected chi connectivity index (χ0v) is 9.60. The van der Waals surface area contributed by atoms with Gasteiger partial charge < -0.3 is 4.74 Å². The number of rotatable bonds is 5. The summed E-state index contributed by atoms with van der Waals surface area (Å²) >= 11 is 4.93. The maximum atomic E-state index is 13.6. The lowest BCUT2D eigenvalue weighted by molar-refractivity contribution is 0.298. The molecule has 0 aromatic heterocycles. The second kappa shape index (κ2) is 6.51. The van der Waals surface area contributed by atoms with E-state index in [0.29, 0.717) is 30.1 Å². The molecule has 1 aromatic carbocycles. The molecule has 15 heavy (non-hydrogen) atoms. The Balaban J connectivity index is 2.37. The highest BCUT2D eigenvalue weighted by molar-refractivity contribution is 7.80. The molecular formula is C12H15FOS. The summed E-state index contributed by atoms with van der Waals surface area (Å²) in [6.45, 7) is 2.43. The molecule has 0 bridgehead atoms. The SMILES string of the molecule is CCOC(=S)CCC(F)c1ccccc1. The van der Waals surface area contributed by atoms with Crippen LogP contribution < -0.4 is 0 Å². The molecule has 0 N–H and O–H groups in total. The van der Waals surface area contributed by atoms with Gasteiger partial charge in [0, 0.05) is 6.42 Å². The van der Waals surface area contributed by atoms with Gasteiger partial charge in [0.15, 0.2) is 5.05 Å². The van der Waals surface area contributed by atoms with Gasteiger partial charge in [0.1, 0.15) is 6.17 Å². The molecule has 82 valence electrons. The van der Waals surface area contributed by atoms with Crippen LogP contribution in [0, 0.1) is 0 Å². The molecule has 0 aliphatic carbocycles. The highest BCUT2D eigenvalue weighted by Crippen LogP contribution is 2.22. The number of halogens is 1. The maximum absolute atomic E-state index is 13.6. The lowest BCUT2D eigenvalue weighted by atomic mass is 10.1. The first-order valence-corrected chi connectivity index (χ1v) is 5.49. The Labute approximate surface area is 95.3 Å². The van der Waals surface area contributed by atoms with Crippen LogP contribution in [0.5, 0.6) is 0 Å². The van der Waals surface area contributed by atoms with E-state index in [1.807, 2.05) is 25.1 Å². The van der Waals surface area contributed by atoms with Gasteiger partial charge in [-0.2, -0.15) is 0 Å². The van der Waals surface area contributed by atoms with E-state index in [1.54, 1.807) is 12.1 Å². The summed E-state index contributed by atoms with van der Waals surface area (Å²) in [6, 6.07) is 9.12. The van der Waals surface area contributed by atoms with E-state index in [2.05, 4.69) is 0 Å². The summed E-state index contributed by atoms with van der Waals surface area (Å²) in [4.78, 5) is 0. The number of ether oxygens (including phenoxy) is 1. The van der Waals surface area contributed by atoms with Gasteiger partial charge in [-0.3, -0.25) is 0 Å². The van der Waals surface area contributed by atoms with Gasteiger partial charge in [0.25, 0.3) is 0 Å². The molecule has 0 saturated carbocycles. The molecule has 1 atom stereocenters. The summed E-state index contributed by atoms with van der Waals surface area (Å²) < 4.78 is 18.7. The molecule has 0 aliphatic heterocycles. The molecule has 1 rings (SSSR count). The van der Waals surface area contributed by atoms with Gasteiger partial charge in [-0.25, -0.2) is 4.39 Å². The zero-order valence-electron chi connectivity index (χ0n) is 8.78. The van der Waals surface area contributed by atoms with E-state index in [1.165, 1.54) is 0 Å². The molecule has 0 amide bonds. The predicted octanol–water partition coefficient (Wildman–Crippen LogP) is 3.84. The highest BCUT2D eigenvalue weighted by atomic mass is 32.1. The quantitative estimate of drug-likeness (QED) is 0.705. The predicted molar refractivity (Wildman–Crippen MR) is 63.7 cm³/mol. The number of thiocarbonyl (C=S) groups is 1. The standard InChI is InChI=1S/C12H15FOS/c1-2-14-12(15)9-8-11(13)10-6-4-3-5-7-10/h3-7,11H,2,8-9H2,1H3. The van der Waals surface area contributed by atoms with Gasteiger partial charge in [0.2, 0.25) is 0 Å². The molecule has 1 nitrogen and oxygen atoms in total. The third-order valence-electron chi connectivity index (χ3n) is 2.07. The lowest BCUT2D eigenvalue weighted by Crippen LogP contribution is -2.03. The summed E-state index contributed by atoms with van der Waals surface area (Å²) in [5.74, 6) is 0. The van der Waals surface area contributed by atoms with Crippen LogP contribution in [-0.2, 0) is 4.74 Å². The molecule has 1 aromatic rings. The Bertz CT molecular complexity index is 300. The van der Waals surface area contributed by atoms with Crippen molar-refractivity contribution >= 4 is 17.3 Å². The minimum atomic E-state index is -0.954. The van der Waals surface area contributed by atoms with Gasteiger partial charge in [-0.05, 0) is 31.1 Å². The number of benzene rings is 1. The third kappa shape index (κ3) is 4.38. The topological polar surface area (TPSA) is 9.23 Å². The van der Waals surface area contributed by atoms with E-state index in [0.717, 1.165) is 0 Å². The summed E-state index contributed by atoms with van der Waals surface area (Å²) in [6.07, 6.45) is -0.0631. The molecule has 0 spiro atoms. The Hall–Kier alpha value is -0.960. The van der Waals surface area contributed by atoms with E-state index >= 15 is 0 Å². The Morgan fingerprint density at radius 1 is 1.40 bits per heavy atom. The smallest absolute Gasteiger partial charge is 0.159 e. The lowest BCUT2D eigenvalue weighted by Gasteiger charge is -2.09. The van der Waals surface area contributed by atoms with Crippen LogP contribution in [-0.4, -0.2) is 11.7 Å². The van der Waals surface area contributed by atoms with Crippen LogP contribution in [0.3, 0.4) is 0 Å². The van der Waals surface area contributed by atoms with Crippen molar-refractivity contribution in [3.8, 4) is 0 Å². The maximum Gasteiger partial charge on any atom is 0.159 e. The normalized spacial score (nSPS) is 12.1. The van der Waals surface area contributed by atoms with E-state index < -0.39 is 6.17 Å². The van der Waals surface area contributed by atoms with Crippen molar-refractivity contribution < 1.29 is 9.13 Å². The summed E-state index contributed by atoms with van der Waals surface area (Å²) in [7, 11) is 0. The zero-order chi connectivity index (χ0) is 11.1. The van der Waals surface area contributed by atoms with Gasteiger partial charge >= 0.3 is 0 Å². The van der Waals surface area contributed by atoms with Gasteiger partial charge in [0.05, 0.1) is 6.61 Å². The Morgan fingerprint density at radius 2 is 2.07 bits per heavy atom. The fourth-order valence-electron chi connectivity index (χ4n) is 1.31. The van der Waals surface area contributed by atoms with Crippen LogP contribution in [0.2, 0.25) is 0 Å². The molecule has 0 fully saturated rings. The minimum Gasteiger partial charge on any atom is -0.487 e. The number of alkyl halides is 1. The largest absolute Gasteiger partial charge is 0.487 e. The molecule has 0 heterocycles. The second-order valence-electron chi connectivity index (χ2n) is 3.22. The van der Waals surface area contributed by atoms with Crippen LogP contribution in [0.25, 0.3) is 0 Å². The third-order valence-corrected chi connectivity index (χ3v) is 2.39. The number of hydrogen-bond acceptors (Lipinski definition) is 2. The minimum absolute atomic E-state index is 0.392. The molecule has 0 saturated heterocycles. The van der Waals surface area contributed by atoms with Crippen LogP contribution >= 0.6 is 12.2 Å². The van der Waals surface area contributed by atoms with E-state index in [4.69, 9.17) is 17.0 Å². The molecular weight excluding hydrogens is 211 g/mol. The first kappa shape index (κ1) is 12.1. The van der Waals surface area contributed by atoms with Crippen molar-refractivity contribution in [2.24, 2.45) is 0 Å². The molecule has 0 radical (unpaired) electrons. The Morgan fingerprint density at radius 3 is 2.67 bits per heavy atom. The van der Waals surface area contributed by atoms with Crippen molar-refractivity contribution in [3.05, 3.63) is 35.9 Å². The number of hydrogen-bond donors (Lipinski definition) is 0. The molecule has 3 heteroatoms. The first-order valence-electron chi connectivity index (χ1n) is 5.08. The van der Waals surface area contributed by atoms with E-state index in [-0.39, 0.29) is 0 Å². The summed E-state index contributed by atoms with van der Waals surface area (Å²) in [5, 5.41) is 0.496. The average Bonchev–Trinajstić information content (AvgIpc) is 2.27. The monoisotopic (exact) mass is 226 g/mol. The second-order valence-corrected chi connectivity index (χ2v) is 3.68. The average molecular weight is 226 g/mol. The van der Waals surface area contributed by atoms with Gasteiger partial charge in [-0.1, -0.05) is 30.3 Å². The van der Waals surface area contributed by atoms with Crippen LogP contribution in [0.4, 0.5) is 4.39 Å². The fraction of sp³-hybridized carbons (Fsp3) is 0.417. The summed E-state index contributed by atoms with van der Waals surface area (Å²) in [5.41, 5.74) is 0.705. The van der Waals surface area contributed by atoms with Crippen molar-refractivity contribution in [1.82, 2.24) is 0 Å². The first-order chi connectivity index (χ1) is 7.24. The van der Waals surface area contributed by atoms with E-state index in [9.17, 15) is 4.39 Å². The van der Waals surface area contributed by atoms with Gasteiger partial charge in [-0.15, -0.1) is 0 Å². The molecule has 0 aliphatic rings.